The second-order valence-corrected chi connectivity index (χ2v) is 2.48. The van der Waals surface area contributed by atoms with Crippen LogP contribution in [0.1, 0.15) is 27.2 Å². The molecule has 0 radical (unpaired) electrons. The summed E-state index contributed by atoms with van der Waals surface area (Å²) in [6, 6.07) is 0.127. The average Bonchev–Trinajstić information content (AvgIpc) is 2.00. The van der Waals surface area contributed by atoms with Crippen LogP contribution in [0, 0.1) is 0 Å². The van der Waals surface area contributed by atoms with E-state index in [1.165, 1.54) is 0 Å². The van der Waals surface area contributed by atoms with Gasteiger partial charge in [0.15, 0.2) is 0 Å². The molecule has 0 aliphatic carbocycles. The van der Waals surface area contributed by atoms with Crippen molar-refractivity contribution < 1.29 is 9.53 Å². The van der Waals surface area contributed by atoms with Gasteiger partial charge in [-0.25, -0.2) is 0 Å². The largest absolute Gasteiger partial charge is 0.380 e. The van der Waals surface area contributed by atoms with Crippen LogP contribution in [0.4, 0.5) is 0 Å². The second-order valence-electron chi connectivity index (χ2n) is 2.48. The van der Waals surface area contributed by atoms with Crippen molar-refractivity contribution in [2.45, 2.75) is 33.2 Å². The van der Waals surface area contributed by atoms with Crippen molar-refractivity contribution in [2.75, 3.05) is 13.2 Å². The van der Waals surface area contributed by atoms with Gasteiger partial charge in [-0.1, -0.05) is 6.92 Å². The first kappa shape index (κ1) is 10.4. The minimum atomic E-state index is 0.0807. The van der Waals surface area contributed by atoms with Gasteiger partial charge in [0, 0.05) is 19.1 Å². The van der Waals surface area contributed by atoms with Crippen LogP contribution < -0.4 is 5.32 Å². The summed E-state index contributed by atoms with van der Waals surface area (Å²) in [6.45, 7) is 7.01. The van der Waals surface area contributed by atoms with Crippen molar-refractivity contribution in [3.8, 4) is 0 Å². The van der Waals surface area contributed by atoms with Crippen molar-refractivity contribution in [2.24, 2.45) is 0 Å². The Kier molecular flexibility index (Phi) is 5.84. The molecule has 0 bridgehead atoms. The first-order chi connectivity index (χ1) is 5.20. The first-order valence-electron chi connectivity index (χ1n) is 4.07. The molecule has 0 aliphatic rings. The molecule has 0 spiro atoms. The van der Waals surface area contributed by atoms with Gasteiger partial charge in [0.25, 0.3) is 0 Å². The van der Waals surface area contributed by atoms with Gasteiger partial charge in [0.2, 0.25) is 5.91 Å². The van der Waals surface area contributed by atoms with E-state index in [9.17, 15) is 4.79 Å². The SMILES string of the molecule is CCOCC(C)NC(=O)CC. The van der Waals surface area contributed by atoms with Gasteiger partial charge in [-0.15, -0.1) is 0 Å². The standard InChI is InChI=1S/C8H17NO2/c1-4-8(10)9-7(3)6-11-5-2/h7H,4-6H2,1-3H3,(H,9,10). The number of ether oxygens (including phenoxy) is 1. The predicted molar refractivity (Wildman–Crippen MR) is 44.4 cm³/mol. The van der Waals surface area contributed by atoms with Crippen LogP contribution in [0.2, 0.25) is 0 Å². The van der Waals surface area contributed by atoms with E-state index in [-0.39, 0.29) is 11.9 Å². The van der Waals surface area contributed by atoms with Gasteiger partial charge in [0.05, 0.1) is 6.61 Å². The minimum absolute atomic E-state index is 0.0807. The molecule has 0 aromatic carbocycles. The average molecular weight is 159 g/mol. The molecule has 0 aliphatic heterocycles. The molecule has 0 rings (SSSR count). The fraction of sp³-hybridized carbons (Fsp3) is 0.875. The van der Waals surface area contributed by atoms with Gasteiger partial charge in [-0.3, -0.25) is 4.79 Å². The molecule has 0 aromatic rings. The van der Waals surface area contributed by atoms with Gasteiger partial charge < -0.3 is 10.1 Å². The Morgan fingerprint density at radius 2 is 2.18 bits per heavy atom. The third-order valence-electron chi connectivity index (χ3n) is 1.30. The summed E-state index contributed by atoms with van der Waals surface area (Å²) in [5, 5.41) is 2.80. The van der Waals surface area contributed by atoms with Crippen molar-refractivity contribution >= 4 is 5.91 Å². The maximum atomic E-state index is 10.8. The Morgan fingerprint density at radius 1 is 1.55 bits per heavy atom. The molecule has 66 valence electrons. The number of hydrogen-bond donors (Lipinski definition) is 1. The van der Waals surface area contributed by atoms with E-state index in [1.807, 2.05) is 20.8 Å². The molecule has 1 amide bonds. The third-order valence-corrected chi connectivity index (χ3v) is 1.30. The van der Waals surface area contributed by atoms with E-state index in [1.54, 1.807) is 0 Å². The Morgan fingerprint density at radius 3 is 2.64 bits per heavy atom. The molecular weight excluding hydrogens is 142 g/mol. The third kappa shape index (κ3) is 5.85. The fourth-order valence-electron chi connectivity index (χ4n) is 0.713. The molecule has 0 saturated heterocycles. The summed E-state index contributed by atoms with van der Waals surface area (Å²) < 4.78 is 5.13. The second kappa shape index (κ2) is 6.16. The summed E-state index contributed by atoms with van der Waals surface area (Å²) in [7, 11) is 0. The van der Waals surface area contributed by atoms with E-state index in [0.717, 1.165) is 0 Å². The van der Waals surface area contributed by atoms with Crippen molar-refractivity contribution in [3.63, 3.8) is 0 Å². The van der Waals surface area contributed by atoms with E-state index >= 15 is 0 Å². The number of amides is 1. The number of hydrogen-bond acceptors (Lipinski definition) is 2. The van der Waals surface area contributed by atoms with Gasteiger partial charge in [-0.2, -0.15) is 0 Å². The normalized spacial score (nSPS) is 12.6. The zero-order chi connectivity index (χ0) is 8.69. The molecule has 1 N–H and O–H groups in total. The lowest BCUT2D eigenvalue weighted by molar-refractivity contribution is -0.121. The lowest BCUT2D eigenvalue weighted by Crippen LogP contribution is -2.35. The Bertz CT molecular complexity index is 115. The zero-order valence-electron chi connectivity index (χ0n) is 7.52. The van der Waals surface area contributed by atoms with Crippen LogP contribution >= 0.6 is 0 Å². The van der Waals surface area contributed by atoms with E-state index in [0.29, 0.717) is 19.6 Å². The summed E-state index contributed by atoms with van der Waals surface area (Å²) in [6.07, 6.45) is 0.538. The topological polar surface area (TPSA) is 38.3 Å². The van der Waals surface area contributed by atoms with Crippen LogP contribution in [0.15, 0.2) is 0 Å². The highest BCUT2D eigenvalue weighted by Gasteiger charge is 2.03. The number of carbonyl (C=O) groups is 1. The number of nitrogens with one attached hydrogen (secondary N) is 1. The Balaban J connectivity index is 3.35. The van der Waals surface area contributed by atoms with Crippen LogP contribution in [0.3, 0.4) is 0 Å². The van der Waals surface area contributed by atoms with Gasteiger partial charge in [0.1, 0.15) is 0 Å². The molecule has 3 heteroatoms. The molecule has 0 saturated carbocycles. The minimum Gasteiger partial charge on any atom is -0.380 e. The first-order valence-corrected chi connectivity index (χ1v) is 4.07. The predicted octanol–water partition coefficient (Wildman–Crippen LogP) is 0.938. The maximum Gasteiger partial charge on any atom is 0.220 e. The van der Waals surface area contributed by atoms with Crippen LogP contribution in [-0.2, 0) is 9.53 Å². The van der Waals surface area contributed by atoms with Crippen molar-refractivity contribution in [3.05, 3.63) is 0 Å². The van der Waals surface area contributed by atoms with Crippen molar-refractivity contribution in [1.29, 1.82) is 0 Å². The quantitative estimate of drug-likeness (QED) is 0.648. The van der Waals surface area contributed by atoms with E-state index in [2.05, 4.69) is 5.32 Å². The van der Waals surface area contributed by atoms with Gasteiger partial charge in [-0.05, 0) is 13.8 Å². The lowest BCUT2D eigenvalue weighted by atomic mass is 10.3. The van der Waals surface area contributed by atoms with E-state index < -0.39 is 0 Å². The highest BCUT2D eigenvalue weighted by Crippen LogP contribution is 1.85. The van der Waals surface area contributed by atoms with Crippen LogP contribution in [-0.4, -0.2) is 25.2 Å². The maximum absolute atomic E-state index is 10.8. The molecule has 1 atom stereocenters. The number of carbonyl (C=O) groups excluding carboxylic acids is 1. The Hall–Kier alpha value is -0.570. The summed E-state index contributed by atoms with van der Waals surface area (Å²) in [4.78, 5) is 10.8. The monoisotopic (exact) mass is 159 g/mol. The molecular formula is C8H17NO2. The summed E-state index contributed by atoms with van der Waals surface area (Å²) in [5.41, 5.74) is 0. The highest BCUT2D eigenvalue weighted by atomic mass is 16.5. The molecule has 0 heterocycles. The smallest absolute Gasteiger partial charge is 0.220 e. The number of rotatable bonds is 5. The molecule has 0 aromatic heterocycles. The highest BCUT2D eigenvalue weighted by molar-refractivity contribution is 5.75. The Labute approximate surface area is 68.1 Å². The van der Waals surface area contributed by atoms with Crippen LogP contribution in [0.5, 0.6) is 0 Å². The molecule has 1 unspecified atom stereocenters. The van der Waals surface area contributed by atoms with E-state index in [4.69, 9.17) is 4.74 Å². The fourth-order valence-corrected chi connectivity index (χ4v) is 0.713. The van der Waals surface area contributed by atoms with Gasteiger partial charge >= 0.3 is 0 Å². The summed E-state index contributed by atoms with van der Waals surface area (Å²) >= 11 is 0. The van der Waals surface area contributed by atoms with Crippen molar-refractivity contribution in [1.82, 2.24) is 5.32 Å². The van der Waals surface area contributed by atoms with Crippen LogP contribution in [0.25, 0.3) is 0 Å². The summed E-state index contributed by atoms with van der Waals surface area (Å²) in [5.74, 6) is 0.0807. The lowest BCUT2D eigenvalue weighted by Gasteiger charge is -2.12. The molecule has 0 fully saturated rings. The molecule has 11 heavy (non-hydrogen) atoms. The zero-order valence-corrected chi connectivity index (χ0v) is 7.52. The molecule has 3 nitrogen and oxygen atoms in total.